The molecule has 0 aliphatic carbocycles. The van der Waals surface area contributed by atoms with Crippen LogP contribution in [-0.4, -0.2) is 30.8 Å². The smallest absolute Gasteiger partial charge is 0.196 e. The van der Waals surface area contributed by atoms with Crippen LogP contribution in [0.25, 0.3) is 0 Å². The Bertz CT molecular complexity index is 497. The predicted octanol–water partition coefficient (Wildman–Crippen LogP) is 2.07. The standard InChI is InChI=1S/C15H21N3O/c1-11-3-5-13(6-4-11)18-14(16)17-10-15(18)7-8-19-12(2)9-15/h3-6,12H,7-10H2,1-2H3,(H2,16,17). The van der Waals surface area contributed by atoms with Crippen LogP contribution in [0.1, 0.15) is 25.3 Å². The van der Waals surface area contributed by atoms with Crippen LogP contribution < -0.4 is 10.6 Å². The number of anilines is 1. The van der Waals surface area contributed by atoms with Crippen molar-refractivity contribution >= 4 is 11.6 Å². The van der Waals surface area contributed by atoms with E-state index in [4.69, 9.17) is 10.5 Å². The molecule has 1 aromatic rings. The minimum absolute atomic E-state index is 0.0109. The lowest BCUT2D eigenvalue weighted by molar-refractivity contribution is -0.00246. The zero-order valence-electron chi connectivity index (χ0n) is 11.6. The van der Waals surface area contributed by atoms with E-state index in [1.54, 1.807) is 0 Å². The van der Waals surface area contributed by atoms with Crippen molar-refractivity contribution in [2.75, 3.05) is 18.1 Å². The summed E-state index contributed by atoms with van der Waals surface area (Å²) in [6, 6.07) is 8.50. The van der Waals surface area contributed by atoms with Crippen LogP contribution in [0.2, 0.25) is 0 Å². The fraction of sp³-hybridized carbons (Fsp3) is 0.533. The van der Waals surface area contributed by atoms with Crippen LogP contribution in [0.3, 0.4) is 0 Å². The van der Waals surface area contributed by atoms with Gasteiger partial charge in [-0.2, -0.15) is 0 Å². The largest absolute Gasteiger partial charge is 0.378 e. The summed E-state index contributed by atoms with van der Waals surface area (Å²) in [5.41, 5.74) is 8.54. The highest BCUT2D eigenvalue weighted by Crippen LogP contribution is 2.38. The lowest BCUT2D eigenvalue weighted by Gasteiger charge is -2.44. The van der Waals surface area contributed by atoms with Crippen molar-refractivity contribution in [1.82, 2.24) is 0 Å². The lowest BCUT2D eigenvalue weighted by atomic mass is 9.85. The Morgan fingerprint density at radius 1 is 1.37 bits per heavy atom. The molecule has 1 spiro atoms. The van der Waals surface area contributed by atoms with Crippen molar-refractivity contribution < 1.29 is 4.74 Å². The predicted molar refractivity (Wildman–Crippen MR) is 77.5 cm³/mol. The molecule has 0 saturated carbocycles. The second kappa shape index (κ2) is 4.53. The number of rotatable bonds is 1. The van der Waals surface area contributed by atoms with Crippen molar-refractivity contribution in [1.29, 1.82) is 0 Å². The van der Waals surface area contributed by atoms with E-state index < -0.39 is 0 Å². The molecule has 0 amide bonds. The number of aliphatic imine (C=N–C) groups is 1. The van der Waals surface area contributed by atoms with Gasteiger partial charge in [-0.25, -0.2) is 0 Å². The van der Waals surface area contributed by atoms with E-state index in [2.05, 4.69) is 48.0 Å². The second-order valence-corrected chi connectivity index (χ2v) is 5.71. The molecule has 4 nitrogen and oxygen atoms in total. The van der Waals surface area contributed by atoms with Crippen molar-refractivity contribution in [2.24, 2.45) is 10.7 Å². The maximum atomic E-state index is 6.14. The van der Waals surface area contributed by atoms with Crippen LogP contribution in [0.4, 0.5) is 5.69 Å². The van der Waals surface area contributed by atoms with E-state index in [-0.39, 0.29) is 11.6 Å². The first-order valence-electron chi connectivity index (χ1n) is 6.89. The SMILES string of the molecule is Cc1ccc(N2C(N)=NCC23CCOC(C)C3)cc1. The number of nitrogens with two attached hydrogens (primary N) is 1. The third kappa shape index (κ3) is 2.10. The van der Waals surface area contributed by atoms with Gasteiger partial charge in [0.1, 0.15) is 0 Å². The second-order valence-electron chi connectivity index (χ2n) is 5.71. The molecule has 1 saturated heterocycles. The molecule has 19 heavy (non-hydrogen) atoms. The fourth-order valence-corrected chi connectivity index (χ4v) is 3.21. The Balaban J connectivity index is 1.96. The molecule has 2 unspecified atom stereocenters. The topological polar surface area (TPSA) is 50.8 Å². The molecule has 0 radical (unpaired) electrons. The van der Waals surface area contributed by atoms with Gasteiger partial charge in [0.25, 0.3) is 0 Å². The summed E-state index contributed by atoms with van der Waals surface area (Å²) in [5.74, 6) is 0.637. The zero-order valence-corrected chi connectivity index (χ0v) is 11.6. The highest BCUT2D eigenvalue weighted by molar-refractivity contribution is 5.98. The van der Waals surface area contributed by atoms with E-state index in [1.165, 1.54) is 5.56 Å². The number of hydrogen-bond donors (Lipinski definition) is 1. The van der Waals surface area contributed by atoms with Gasteiger partial charge in [0.2, 0.25) is 0 Å². The van der Waals surface area contributed by atoms with E-state index in [0.29, 0.717) is 5.96 Å². The van der Waals surface area contributed by atoms with Gasteiger partial charge < -0.3 is 15.4 Å². The molecule has 102 valence electrons. The van der Waals surface area contributed by atoms with Gasteiger partial charge in [0.15, 0.2) is 5.96 Å². The molecule has 0 aromatic heterocycles. The summed E-state index contributed by atoms with van der Waals surface area (Å²) in [7, 11) is 0. The fourth-order valence-electron chi connectivity index (χ4n) is 3.21. The number of hydrogen-bond acceptors (Lipinski definition) is 4. The van der Waals surface area contributed by atoms with E-state index >= 15 is 0 Å². The van der Waals surface area contributed by atoms with Gasteiger partial charge in [-0.15, -0.1) is 0 Å². The molecule has 1 fully saturated rings. The van der Waals surface area contributed by atoms with Gasteiger partial charge in [-0.3, -0.25) is 4.99 Å². The first-order chi connectivity index (χ1) is 9.11. The average Bonchev–Trinajstić information content (AvgIpc) is 2.68. The van der Waals surface area contributed by atoms with E-state index in [1.807, 2.05) is 0 Å². The van der Waals surface area contributed by atoms with Gasteiger partial charge in [0.05, 0.1) is 18.2 Å². The van der Waals surface area contributed by atoms with Crippen LogP contribution >= 0.6 is 0 Å². The summed E-state index contributed by atoms with van der Waals surface area (Å²) >= 11 is 0. The number of ether oxygens (including phenoxy) is 1. The third-order valence-corrected chi connectivity index (χ3v) is 4.17. The number of benzene rings is 1. The lowest BCUT2D eigenvalue weighted by Crippen LogP contribution is -2.56. The summed E-state index contributed by atoms with van der Waals surface area (Å²) < 4.78 is 5.68. The summed E-state index contributed by atoms with van der Waals surface area (Å²) in [6.07, 6.45) is 2.23. The molecule has 3 rings (SSSR count). The first kappa shape index (κ1) is 12.5. The molecule has 1 aromatic carbocycles. The first-order valence-corrected chi connectivity index (χ1v) is 6.89. The van der Waals surface area contributed by atoms with Gasteiger partial charge in [-0.05, 0) is 38.8 Å². The van der Waals surface area contributed by atoms with Gasteiger partial charge in [-0.1, -0.05) is 17.7 Å². The van der Waals surface area contributed by atoms with Crippen LogP contribution in [-0.2, 0) is 4.74 Å². The number of aryl methyl sites for hydroxylation is 1. The minimum Gasteiger partial charge on any atom is -0.378 e. The van der Waals surface area contributed by atoms with E-state index in [0.717, 1.165) is 31.7 Å². The summed E-state index contributed by atoms with van der Waals surface area (Å²) in [5, 5.41) is 0. The zero-order chi connectivity index (χ0) is 13.5. The van der Waals surface area contributed by atoms with Crippen molar-refractivity contribution in [3.63, 3.8) is 0 Å². The summed E-state index contributed by atoms with van der Waals surface area (Å²) in [6.45, 7) is 5.78. The van der Waals surface area contributed by atoms with Gasteiger partial charge in [0, 0.05) is 12.3 Å². The molecule has 2 N–H and O–H groups in total. The molecular formula is C15H21N3O. The highest BCUT2D eigenvalue weighted by atomic mass is 16.5. The Kier molecular flexibility index (Phi) is 2.97. The Morgan fingerprint density at radius 3 is 2.79 bits per heavy atom. The monoisotopic (exact) mass is 259 g/mol. The maximum absolute atomic E-state index is 6.14. The van der Waals surface area contributed by atoms with E-state index in [9.17, 15) is 0 Å². The Labute approximate surface area is 114 Å². The van der Waals surface area contributed by atoms with Crippen molar-refractivity contribution in [2.45, 2.75) is 38.3 Å². The molecular weight excluding hydrogens is 238 g/mol. The maximum Gasteiger partial charge on any atom is 0.196 e. The molecule has 0 bridgehead atoms. The normalized spacial score (nSPS) is 30.7. The Morgan fingerprint density at radius 2 is 2.11 bits per heavy atom. The Hall–Kier alpha value is -1.55. The highest BCUT2D eigenvalue weighted by Gasteiger charge is 2.45. The minimum atomic E-state index is 0.0109. The third-order valence-electron chi connectivity index (χ3n) is 4.17. The molecule has 2 aliphatic rings. The van der Waals surface area contributed by atoms with Crippen molar-refractivity contribution in [3.05, 3.63) is 29.8 Å². The number of nitrogens with zero attached hydrogens (tertiary/aromatic N) is 2. The molecule has 2 heterocycles. The van der Waals surface area contributed by atoms with Crippen LogP contribution in [0.15, 0.2) is 29.3 Å². The van der Waals surface area contributed by atoms with Crippen LogP contribution in [0, 0.1) is 6.92 Å². The molecule has 2 atom stereocenters. The van der Waals surface area contributed by atoms with Gasteiger partial charge >= 0.3 is 0 Å². The molecule has 4 heteroatoms. The average molecular weight is 259 g/mol. The van der Waals surface area contributed by atoms with Crippen LogP contribution in [0.5, 0.6) is 0 Å². The quantitative estimate of drug-likeness (QED) is 0.840. The number of guanidine groups is 1. The van der Waals surface area contributed by atoms with Crippen molar-refractivity contribution in [3.8, 4) is 0 Å². The molecule has 2 aliphatic heterocycles. The summed E-state index contributed by atoms with van der Waals surface area (Å²) in [4.78, 5) is 6.71.